The summed E-state index contributed by atoms with van der Waals surface area (Å²) in [6.07, 6.45) is 1.90. The highest BCUT2D eigenvalue weighted by molar-refractivity contribution is 5.78. The second kappa shape index (κ2) is 10.6. The Balaban J connectivity index is 1.48. The Bertz CT molecular complexity index is 1180. The van der Waals surface area contributed by atoms with Gasteiger partial charge >= 0.3 is 0 Å². The zero-order chi connectivity index (χ0) is 25.2. The van der Waals surface area contributed by atoms with E-state index in [1.54, 1.807) is 24.3 Å². The van der Waals surface area contributed by atoms with E-state index in [1.165, 1.54) is 17.4 Å². The van der Waals surface area contributed by atoms with E-state index in [-0.39, 0.29) is 11.9 Å². The summed E-state index contributed by atoms with van der Waals surface area (Å²) in [6, 6.07) is 9.70. The van der Waals surface area contributed by atoms with Gasteiger partial charge in [0.2, 0.25) is 5.95 Å². The number of nitrogens with one attached hydrogen (secondary N) is 1. The minimum absolute atomic E-state index is 0.116. The largest absolute Gasteiger partial charge is 0.377 e. The minimum Gasteiger partial charge on any atom is -0.377 e. The van der Waals surface area contributed by atoms with Crippen LogP contribution >= 0.6 is 0 Å². The molecule has 0 amide bonds. The molecule has 0 spiro atoms. The van der Waals surface area contributed by atoms with Gasteiger partial charge < -0.3 is 19.9 Å². The number of halogens is 2. The zero-order valence-electron chi connectivity index (χ0n) is 21.2. The highest BCUT2D eigenvalue weighted by Crippen LogP contribution is 2.31. The van der Waals surface area contributed by atoms with Crippen LogP contribution in [-0.2, 0) is 4.74 Å². The number of rotatable bonds is 7. The lowest BCUT2D eigenvalue weighted by molar-refractivity contribution is 0.0985. The number of imidazole rings is 1. The Morgan fingerprint density at radius 3 is 2.56 bits per heavy atom. The molecule has 1 aliphatic carbocycles. The van der Waals surface area contributed by atoms with Crippen LogP contribution in [0.25, 0.3) is 16.9 Å². The maximum atomic E-state index is 14.1. The highest BCUT2D eigenvalue weighted by Gasteiger charge is 2.26. The second-order valence-corrected chi connectivity index (χ2v) is 10.1. The molecule has 2 aromatic heterocycles. The van der Waals surface area contributed by atoms with Gasteiger partial charge in [0.1, 0.15) is 11.6 Å². The van der Waals surface area contributed by atoms with Gasteiger partial charge in [-0.2, -0.15) is 9.97 Å². The lowest BCUT2D eigenvalue weighted by Crippen LogP contribution is -2.44. The summed E-state index contributed by atoms with van der Waals surface area (Å²) < 4.78 is 35.2. The summed E-state index contributed by atoms with van der Waals surface area (Å²) in [6.45, 7) is 4.70. The number of alkyl halides is 2. The van der Waals surface area contributed by atoms with Crippen molar-refractivity contribution >= 4 is 22.8 Å². The molecule has 0 radical (unpaired) electrons. The second-order valence-electron chi connectivity index (χ2n) is 10.1. The van der Waals surface area contributed by atoms with Crippen LogP contribution < -0.4 is 10.2 Å². The van der Waals surface area contributed by atoms with Gasteiger partial charge in [0.15, 0.2) is 5.82 Å². The van der Waals surface area contributed by atoms with Crippen molar-refractivity contribution in [1.82, 2.24) is 24.4 Å². The summed E-state index contributed by atoms with van der Waals surface area (Å²) in [5, 5.41) is 3.44. The van der Waals surface area contributed by atoms with Crippen LogP contribution in [0.3, 0.4) is 0 Å². The molecule has 5 rings (SSSR count). The van der Waals surface area contributed by atoms with Crippen molar-refractivity contribution in [3.05, 3.63) is 36.2 Å². The van der Waals surface area contributed by atoms with Crippen molar-refractivity contribution in [3.8, 4) is 5.82 Å². The average Bonchev–Trinajstić information content (AvgIpc) is 3.28. The molecule has 0 unspecified atom stereocenters. The summed E-state index contributed by atoms with van der Waals surface area (Å²) >= 11 is 0. The van der Waals surface area contributed by atoms with E-state index in [9.17, 15) is 8.78 Å². The Labute approximate surface area is 210 Å². The molecule has 3 heterocycles. The standard InChI is InChI=1S/C26H35F2N7O/c1-17-16-36-13-12-34(17)22-14-23(35-21-7-5-4-6-20(21)30-25(35)24(27)28)32-26(31-22)29-15-18-8-10-19(11-9-18)33(2)3/h4-7,14,17-19,24H,8-13,15-16H2,1-3H3,(H,29,31,32)/t17-,18-,19-/m1/s1. The van der Waals surface area contributed by atoms with E-state index in [2.05, 4.69) is 41.1 Å². The van der Waals surface area contributed by atoms with E-state index >= 15 is 0 Å². The molecular weight excluding hydrogens is 464 g/mol. The lowest BCUT2D eigenvalue weighted by Gasteiger charge is -2.34. The number of hydrogen-bond acceptors (Lipinski definition) is 7. The molecule has 2 aliphatic rings. The van der Waals surface area contributed by atoms with Crippen molar-refractivity contribution in [1.29, 1.82) is 0 Å². The molecule has 1 aromatic carbocycles. The molecule has 194 valence electrons. The summed E-state index contributed by atoms with van der Waals surface area (Å²) in [7, 11) is 4.29. The Morgan fingerprint density at radius 2 is 1.83 bits per heavy atom. The maximum absolute atomic E-state index is 14.1. The lowest BCUT2D eigenvalue weighted by atomic mass is 9.85. The number of aromatic nitrogens is 4. The molecule has 36 heavy (non-hydrogen) atoms. The maximum Gasteiger partial charge on any atom is 0.296 e. The van der Waals surface area contributed by atoms with Gasteiger partial charge in [-0.05, 0) is 64.8 Å². The fourth-order valence-electron chi connectivity index (χ4n) is 5.36. The number of fused-ring (bicyclic) bond motifs is 1. The van der Waals surface area contributed by atoms with Gasteiger partial charge in [-0.15, -0.1) is 0 Å². The molecular formula is C26H35F2N7O. The SMILES string of the molecule is C[C@@H]1COCCN1c1cc(-n2c(C(F)F)nc3ccccc32)nc(NC[C@H]2CC[C@H](N(C)C)CC2)n1. The van der Waals surface area contributed by atoms with E-state index in [1.807, 2.05) is 6.07 Å². The number of benzene rings is 1. The van der Waals surface area contributed by atoms with Crippen LogP contribution in [-0.4, -0.2) is 76.9 Å². The summed E-state index contributed by atoms with van der Waals surface area (Å²) in [5.41, 5.74) is 1.11. The first-order valence-corrected chi connectivity index (χ1v) is 12.8. The molecule has 3 aromatic rings. The smallest absolute Gasteiger partial charge is 0.296 e. The van der Waals surface area contributed by atoms with Gasteiger partial charge in [0, 0.05) is 25.2 Å². The third-order valence-corrected chi connectivity index (χ3v) is 7.47. The van der Waals surface area contributed by atoms with Gasteiger partial charge in [-0.25, -0.2) is 13.8 Å². The average molecular weight is 500 g/mol. The fourth-order valence-corrected chi connectivity index (χ4v) is 5.36. The van der Waals surface area contributed by atoms with Crippen molar-refractivity contribution in [3.63, 3.8) is 0 Å². The number of nitrogens with zero attached hydrogens (tertiary/aromatic N) is 6. The predicted molar refractivity (Wildman–Crippen MR) is 137 cm³/mol. The van der Waals surface area contributed by atoms with Crippen molar-refractivity contribution < 1.29 is 13.5 Å². The molecule has 8 nitrogen and oxygen atoms in total. The number of morpholine rings is 1. The van der Waals surface area contributed by atoms with E-state index in [0.29, 0.717) is 60.3 Å². The van der Waals surface area contributed by atoms with Crippen LogP contribution in [0.15, 0.2) is 30.3 Å². The molecule has 1 atom stereocenters. The van der Waals surface area contributed by atoms with Gasteiger partial charge in [-0.3, -0.25) is 4.57 Å². The van der Waals surface area contributed by atoms with Crippen LogP contribution in [0.4, 0.5) is 20.5 Å². The molecule has 1 saturated heterocycles. The Hall–Kier alpha value is -2.85. The van der Waals surface area contributed by atoms with Crippen molar-refractivity contribution in [2.75, 3.05) is 50.6 Å². The third kappa shape index (κ3) is 5.15. The van der Waals surface area contributed by atoms with E-state index in [4.69, 9.17) is 14.7 Å². The summed E-state index contributed by atoms with van der Waals surface area (Å²) in [5.74, 6) is 1.76. The van der Waals surface area contributed by atoms with Crippen LogP contribution in [0.1, 0.15) is 44.9 Å². The van der Waals surface area contributed by atoms with E-state index < -0.39 is 6.43 Å². The van der Waals surface area contributed by atoms with Crippen LogP contribution in [0.2, 0.25) is 0 Å². The molecule has 1 aliphatic heterocycles. The molecule has 1 N–H and O–H groups in total. The topological polar surface area (TPSA) is 71.3 Å². The van der Waals surface area contributed by atoms with Gasteiger partial charge in [0.25, 0.3) is 6.43 Å². The van der Waals surface area contributed by atoms with Gasteiger partial charge in [0.05, 0.1) is 30.3 Å². The molecule has 2 fully saturated rings. The van der Waals surface area contributed by atoms with Crippen LogP contribution in [0.5, 0.6) is 0 Å². The first kappa shape index (κ1) is 24.8. The Kier molecular flexibility index (Phi) is 7.34. The fraction of sp³-hybridized carbons (Fsp3) is 0.577. The predicted octanol–water partition coefficient (Wildman–Crippen LogP) is 4.51. The summed E-state index contributed by atoms with van der Waals surface area (Å²) in [4.78, 5) is 18.2. The number of para-hydroxylation sites is 2. The highest BCUT2D eigenvalue weighted by atomic mass is 19.3. The first-order chi connectivity index (χ1) is 17.4. The monoisotopic (exact) mass is 499 g/mol. The molecule has 1 saturated carbocycles. The van der Waals surface area contributed by atoms with Gasteiger partial charge in [-0.1, -0.05) is 12.1 Å². The quantitative estimate of drug-likeness (QED) is 0.513. The normalized spacial score (nSPS) is 23.1. The number of hydrogen-bond donors (Lipinski definition) is 1. The number of ether oxygens (including phenoxy) is 1. The zero-order valence-corrected chi connectivity index (χ0v) is 21.2. The number of anilines is 2. The van der Waals surface area contributed by atoms with Crippen molar-refractivity contribution in [2.45, 2.75) is 51.1 Å². The Morgan fingerprint density at radius 1 is 1.08 bits per heavy atom. The molecule has 10 heteroatoms. The third-order valence-electron chi connectivity index (χ3n) is 7.47. The minimum atomic E-state index is -2.73. The first-order valence-electron chi connectivity index (χ1n) is 12.8. The van der Waals surface area contributed by atoms with Crippen molar-refractivity contribution in [2.24, 2.45) is 5.92 Å². The van der Waals surface area contributed by atoms with Crippen LogP contribution in [0, 0.1) is 5.92 Å². The molecule has 0 bridgehead atoms. The van der Waals surface area contributed by atoms with E-state index in [0.717, 1.165) is 19.4 Å².